The molecule has 9 heteroatoms. The van der Waals surface area contributed by atoms with E-state index in [1.54, 1.807) is 6.20 Å². The number of hydrogen-bond acceptors (Lipinski definition) is 4. The van der Waals surface area contributed by atoms with E-state index in [0.717, 1.165) is 16.3 Å². The third-order valence-corrected chi connectivity index (χ3v) is 6.20. The summed E-state index contributed by atoms with van der Waals surface area (Å²) in [6.45, 7) is -0.198. The van der Waals surface area contributed by atoms with E-state index in [-0.39, 0.29) is 29.3 Å². The van der Waals surface area contributed by atoms with Gasteiger partial charge in [0.2, 0.25) is 0 Å². The Labute approximate surface area is 203 Å². The molecule has 2 aromatic heterocycles. The van der Waals surface area contributed by atoms with Crippen LogP contribution >= 0.6 is 11.6 Å². The number of aromatic nitrogens is 3. The largest absolute Gasteiger partial charge is 0.396 e. The molecule has 2 heterocycles. The second kappa shape index (κ2) is 9.32. The topological polar surface area (TPSA) is 99.5 Å². The first-order chi connectivity index (χ1) is 16.9. The summed E-state index contributed by atoms with van der Waals surface area (Å²) in [7, 11) is 0. The van der Waals surface area contributed by atoms with Crippen LogP contribution in [0.1, 0.15) is 28.5 Å². The number of benzene rings is 3. The van der Waals surface area contributed by atoms with Crippen LogP contribution in [0, 0.1) is 5.82 Å². The Morgan fingerprint density at radius 3 is 2.60 bits per heavy atom. The van der Waals surface area contributed by atoms with Gasteiger partial charge in [0.05, 0.1) is 17.9 Å². The van der Waals surface area contributed by atoms with E-state index >= 15 is 0 Å². The average molecular weight is 491 g/mol. The molecule has 1 unspecified atom stereocenters. The Morgan fingerprint density at radius 2 is 1.86 bits per heavy atom. The number of rotatable bonds is 6. The van der Waals surface area contributed by atoms with Crippen molar-refractivity contribution in [1.29, 1.82) is 0 Å². The first-order valence-electron chi connectivity index (χ1n) is 10.9. The standard InChI is InChI=1S/C26H20ClFN4O3/c27-22-23(25(34)29-20(11-12-33)16-7-9-19(28)10-8-16)31-32-14-21(30-26(35)24(22)32)18-6-5-15-3-1-2-4-17(15)13-18/h1-10,13-14,20,33H,11-12H2,(H,29,34)(H,30,35). The highest BCUT2D eigenvalue weighted by Gasteiger charge is 2.23. The predicted octanol–water partition coefficient (Wildman–Crippen LogP) is 4.49. The number of fused-ring (bicyclic) bond motifs is 2. The van der Waals surface area contributed by atoms with Gasteiger partial charge in [-0.2, -0.15) is 5.10 Å². The molecule has 0 saturated heterocycles. The van der Waals surface area contributed by atoms with Crippen molar-refractivity contribution in [3.63, 3.8) is 0 Å². The van der Waals surface area contributed by atoms with Crippen LogP contribution in [0.5, 0.6) is 0 Å². The van der Waals surface area contributed by atoms with Gasteiger partial charge in [-0.25, -0.2) is 8.91 Å². The van der Waals surface area contributed by atoms with Gasteiger partial charge in [0.15, 0.2) is 11.2 Å². The molecule has 0 bridgehead atoms. The molecule has 5 aromatic rings. The number of aromatic amines is 1. The summed E-state index contributed by atoms with van der Waals surface area (Å²) in [6, 6.07) is 18.7. The average Bonchev–Trinajstić information content (AvgIpc) is 3.20. The van der Waals surface area contributed by atoms with Crippen molar-refractivity contribution >= 4 is 33.8 Å². The molecule has 5 rings (SSSR count). The van der Waals surface area contributed by atoms with Gasteiger partial charge in [-0.1, -0.05) is 60.1 Å². The molecule has 1 amide bonds. The van der Waals surface area contributed by atoms with E-state index in [9.17, 15) is 19.1 Å². The molecule has 0 aliphatic carbocycles. The van der Waals surface area contributed by atoms with Gasteiger partial charge in [0, 0.05) is 12.2 Å². The van der Waals surface area contributed by atoms with Crippen molar-refractivity contribution in [2.24, 2.45) is 0 Å². The fraction of sp³-hybridized carbons (Fsp3) is 0.115. The molecule has 3 aromatic carbocycles. The number of aliphatic hydroxyl groups is 1. The summed E-state index contributed by atoms with van der Waals surface area (Å²) in [4.78, 5) is 28.7. The van der Waals surface area contributed by atoms with Crippen LogP contribution in [-0.2, 0) is 0 Å². The van der Waals surface area contributed by atoms with Gasteiger partial charge in [-0.3, -0.25) is 9.59 Å². The number of aliphatic hydroxyl groups excluding tert-OH is 1. The van der Waals surface area contributed by atoms with E-state index in [1.165, 1.54) is 28.8 Å². The molecule has 0 spiro atoms. The van der Waals surface area contributed by atoms with Gasteiger partial charge in [0.1, 0.15) is 10.8 Å². The van der Waals surface area contributed by atoms with Crippen molar-refractivity contribution < 1.29 is 14.3 Å². The van der Waals surface area contributed by atoms with Crippen LogP contribution in [0.4, 0.5) is 4.39 Å². The zero-order valence-electron chi connectivity index (χ0n) is 18.3. The molecule has 176 valence electrons. The molecule has 0 fully saturated rings. The minimum Gasteiger partial charge on any atom is -0.396 e. The lowest BCUT2D eigenvalue weighted by Crippen LogP contribution is -2.29. The van der Waals surface area contributed by atoms with Gasteiger partial charge in [-0.05, 0) is 41.0 Å². The Balaban J connectivity index is 1.50. The summed E-state index contributed by atoms with van der Waals surface area (Å²) in [5, 5.41) is 18.5. The third kappa shape index (κ3) is 4.41. The summed E-state index contributed by atoms with van der Waals surface area (Å²) in [5.74, 6) is -1.03. The molecule has 0 aliphatic rings. The van der Waals surface area contributed by atoms with E-state index in [4.69, 9.17) is 11.6 Å². The maximum Gasteiger partial charge on any atom is 0.276 e. The van der Waals surface area contributed by atoms with E-state index in [1.807, 2.05) is 42.5 Å². The fourth-order valence-corrected chi connectivity index (χ4v) is 4.37. The molecular weight excluding hydrogens is 471 g/mol. The monoisotopic (exact) mass is 490 g/mol. The number of hydrogen-bond donors (Lipinski definition) is 3. The number of carbonyl (C=O) groups is 1. The zero-order valence-corrected chi connectivity index (χ0v) is 19.1. The maximum atomic E-state index is 13.3. The normalized spacial score (nSPS) is 12.2. The van der Waals surface area contributed by atoms with Gasteiger partial charge in [0.25, 0.3) is 11.5 Å². The van der Waals surface area contributed by atoms with Crippen molar-refractivity contribution in [2.45, 2.75) is 12.5 Å². The number of H-pyrrole nitrogens is 1. The number of nitrogens with zero attached hydrogens (tertiary/aromatic N) is 2. The number of nitrogens with one attached hydrogen (secondary N) is 2. The van der Waals surface area contributed by atoms with Gasteiger partial charge in [-0.15, -0.1) is 0 Å². The Morgan fingerprint density at radius 1 is 1.11 bits per heavy atom. The second-order valence-corrected chi connectivity index (χ2v) is 8.48. The zero-order chi connectivity index (χ0) is 24.5. The molecular formula is C26H20ClFN4O3. The highest BCUT2D eigenvalue weighted by molar-refractivity contribution is 6.36. The minimum absolute atomic E-state index is 0.0434. The second-order valence-electron chi connectivity index (χ2n) is 8.10. The Kier molecular flexibility index (Phi) is 6.07. The van der Waals surface area contributed by atoms with Crippen molar-refractivity contribution in [2.75, 3.05) is 6.61 Å². The highest BCUT2D eigenvalue weighted by Crippen LogP contribution is 2.26. The van der Waals surface area contributed by atoms with Crippen LogP contribution in [0.3, 0.4) is 0 Å². The number of halogens is 2. The summed E-state index contributed by atoms with van der Waals surface area (Å²) in [5.41, 5.74) is 1.34. The van der Waals surface area contributed by atoms with E-state index in [0.29, 0.717) is 11.3 Å². The minimum atomic E-state index is -0.617. The first kappa shape index (κ1) is 22.8. The fourth-order valence-electron chi connectivity index (χ4n) is 4.07. The maximum absolute atomic E-state index is 13.3. The van der Waals surface area contributed by atoms with Crippen LogP contribution in [0.2, 0.25) is 5.02 Å². The van der Waals surface area contributed by atoms with Crippen LogP contribution < -0.4 is 10.9 Å². The van der Waals surface area contributed by atoms with Crippen molar-refractivity contribution in [3.8, 4) is 11.3 Å². The smallest absolute Gasteiger partial charge is 0.276 e. The Bertz CT molecular complexity index is 1610. The quantitative estimate of drug-likeness (QED) is 0.326. The van der Waals surface area contributed by atoms with Crippen LogP contribution in [-0.4, -0.2) is 32.2 Å². The molecule has 35 heavy (non-hydrogen) atoms. The molecule has 0 saturated carbocycles. The lowest BCUT2D eigenvalue weighted by atomic mass is 10.0. The summed E-state index contributed by atoms with van der Waals surface area (Å²) < 4.78 is 14.6. The van der Waals surface area contributed by atoms with E-state index in [2.05, 4.69) is 15.4 Å². The van der Waals surface area contributed by atoms with Crippen molar-refractivity contribution in [1.82, 2.24) is 19.9 Å². The third-order valence-electron chi connectivity index (χ3n) is 5.84. The predicted molar refractivity (Wildman–Crippen MR) is 132 cm³/mol. The van der Waals surface area contributed by atoms with Crippen LogP contribution in [0.25, 0.3) is 27.5 Å². The highest BCUT2D eigenvalue weighted by atomic mass is 35.5. The lowest BCUT2D eigenvalue weighted by molar-refractivity contribution is 0.0924. The molecule has 3 N–H and O–H groups in total. The van der Waals surface area contributed by atoms with Crippen molar-refractivity contribution in [3.05, 3.63) is 105 Å². The number of carbonyl (C=O) groups excluding carboxylic acids is 1. The Hall–Kier alpha value is -4.01. The SMILES string of the molecule is O=C(NC(CCO)c1ccc(F)cc1)c1nn2cc(-c3ccc4ccccc4c3)[nH]c(=O)c2c1Cl. The van der Waals surface area contributed by atoms with Gasteiger partial charge >= 0.3 is 0 Å². The first-order valence-corrected chi connectivity index (χ1v) is 11.3. The molecule has 1 atom stereocenters. The summed E-state index contributed by atoms with van der Waals surface area (Å²) >= 11 is 6.40. The number of amides is 1. The van der Waals surface area contributed by atoms with Crippen LogP contribution in [0.15, 0.2) is 77.7 Å². The molecule has 0 aliphatic heterocycles. The lowest BCUT2D eigenvalue weighted by Gasteiger charge is -2.17. The molecule has 0 radical (unpaired) electrons. The van der Waals surface area contributed by atoms with Gasteiger partial charge < -0.3 is 15.4 Å². The molecule has 7 nitrogen and oxygen atoms in total. The van der Waals surface area contributed by atoms with E-state index < -0.39 is 23.3 Å². The summed E-state index contributed by atoms with van der Waals surface area (Å²) in [6.07, 6.45) is 1.81.